The molecule has 3 aromatic rings. The topological polar surface area (TPSA) is 71.1 Å². The number of nitrogens with one attached hydrogen (secondary N) is 2. The third-order valence-electron chi connectivity index (χ3n) is 4.07. The van der Waals surface area contributed by atoms with Gasteiger partial charge in [-0.2, -0.15) is 13.2 Å². The van der Waals surface area contributed by atoms with Crippen molar-refractivity contribution in [3.8, 4) is 0 Å². The number of halogens is 5. The number of hydrogen-bond acceptors (Lipinski definition) is 5. The van der Waals surface area contributed by atoms with Gasteiger partial charge in [-0.3, -0.25) is 4.72 Å². The van der Waals surface area contributed by atoms with E-state index in [9.17, 15) is 30.4 Å². The highest BCUT2D eigenvalue weighted by molar-refractivity contribution is 7.92. The van der Waals surface area contributed by atoms with Crippen LogP contribution in [-0.2, 0) is 16.2 Å². The first-order valence-electron chi connectivity index (χ1n) is 8.31. The summed E-state index contributed by atoms with van der Waals surface area (Å²) >= 11 is 1.11. The molecular weight excluding hydrogens is 449 g/mol. The molecule has 3 rings (SSSR count). The average molecular weight is 463 g/mol. The van der Waals surface area contributed by atoms with Crippen LogP contribution in [0.1, 0.15) is 24.1 Å². The zero-order chi connectivity index (χ0) is 22.1. The van der Waals surface area contributed by atoms with Crippen molar-refractivity contribution in [1.82, 2.24) is 4.98 Å². The van der Waals surface area contributed by atoms with Crippen molar-refractivity contribution in [1.29, 1.82) is 0 Å². The minimum absolute atomic E-state index is 0.0223. The Morgan fingerprint density at radius 1 is 1.10 bits per heavy atom. The Hall–Kier alpha value is -2.73. The minimum Gasteiger partial charge on any atom is -0.378 e. The molecule has 12 heteroatoms. The summed E-state index contributed by atoms with van der Waals surface area (Å²) in [7, 11) is -4.32. The number of hydrogen-bond donors (Lipinski definition) is 2. The van der Waals surface area contributed by atoms with Crippen LogP contribution in [0.15, 0.2) is 52.2 Å². The fraction of sp³-hybridized carbons (Fsp3) is 0.167. The third kappa shape index (κ3) is 4.87. The van der Waals surface area contributed by atoms with Crippen LogP contribution in [0, 0.1) is 11.6 Å². The van der Waals surface area contributed by atoms with E-state index in [4.69, 9.17) is 0 Å². The van der Waals surface area contributed by atoms with Gasteiger partial charge in [-0.25, -0.2) is 22.2 Å². The van der Waals surface area contributed by atoms with E-state index in [1.165, 1.54) is 17.8 Å². The van der Waals surface area contributed by atoms with Crippen LogP contribution in [0.2, 0.25) is 0 Å². The zero-order valence-electron chi connectivity index (χ0n) is 15.2. The fourth-order valence-electron chi connectivity index (χ4n) is 2.67. The summed E-state index contributed by atoms with van der Waals surface area (Å²) in [4.78, 5) is 3.10. The van der Waals surface area contributed by atoms with Gasteiger partial charge in [0.2, 0.25) is 0 Å². The maximum atomic E-state index is 13.9. The molecule has 0 radical (unpaired) electrons. The van der Waals surface area contributed by atoms with Gasteiger partial charge in [0.15, 0.2) is 5.82 Å². The van der Waals surface area contributed by atoms with E-state index >= 15 is 0 Å². The lowest BCUT2D eigenvalue weighted by atomic mass is 10.1. The summed E-state index contributed by atoms with van der Waals surface area (Å²) in [6, 6.07) is 3.96. The Balaban J connectivity index is 1.96. The SMILES string of the molecule is CC(Nc1ccc(S(=O)(=O)Nc2cscn2)cc1C(F)(F)F)c1cc(F)ccc1F. The maximum Gasteiger partial charge on any atom is 0.418 e. The second-order valence-corrected chi connectivity index (χ2v) is 8.62. The number of sulfonamides is 1. The molecule has 2 N–H and O–H groups in total. The fourth-order valence-corrected chi connectivity index (χ4v) is 4.25. The Morgan fingerprint density at radius 3 is 2.47 bits per heavy atom. The molecule has 0 aliphatic carbocycles. The summed E-state index contributed by atoms with van der Waals surface area (Å²) in [6.45, 7) is 1.35. The highest BCUT2D eigenvalue weighted by Gasteiger charge is 2.35. The molecule has 2 aromatic carbocycles. The zero-order valence-corrected chi connectivity index (χ0v) is 16.8. The summed E-state index contributed by atoms with van der Waals surface area (Å²) in [5, 5.41) is 3.86. The molecule has 1 atom stereocenters. The standard InChI is InChI=1S/C18H14F5N3O2S2/c1-10(13-6-11(19)2-4-15(13)20)25-16-5-3-12(7-14(16)18(21,22)23)30(27,28)26-17-8-29-9-24-17/h2-10,25-26H,1H3. The lowest BCUT2D eigenvalue weighted by Gasteiger charge is -2.21. The molecule has 0 saturated carbocycles. The van der Waals surface area contributed by atoms with Crippen molar-refractivity contribution < 1.29 is 30.4 Å². The van der Waals surface area contributed by atoms with Gasteiger partial charge in [-0.1, -0.05) is 0 Å². The Labute approximate surface area is 172 Å². The first-order valence-corrected chi connectivity index (χ1v) is 10.7. The summed E-state index contributed by atoms with van der Waals surface area (Å²) in [6.07, 6.45) is -4.91. The van der Waals surface area contributed by atoms with Crippen molar-refractivity contribution in [2.24, 2.45) is 0 Å². The summed E-state index contributed by atoms with van der Waals surface area (Å²) in [5.74, 6) is -1.56. The Kier molecular flexibility index (Phi) is 5.99. The molecule has 0 bridgehead atoms. The summed E-state index contributed by atoms with van der Waals surface area (Å²) < 4.78 is 95.0. The van der Waals surface area contributed by atoms with E-state index < -0.39 is 50.0 Å². The highest BCUT2D eigenvalue weighted by Crippen LogP contribution is 2.38. The number of anilines is 2. The summed E-state index contributed by atoms with van der Waals surface area (Å²) in [5.41, 5.74) is -0.567. The molecule has 0 aliphatic rings. The molecule has 0 aliphatic heterocycles. The third-order valence-corrected chi connectivity index (χ3v) is 6.01. The normalized spacial score (nSPS) is 13.1. The molecule has 1 unspecified atom stereocenters. The second kappa shape index (κ2) is 8.19. The Morgan fingerprint density at radius 2 is 1.83 bits per heavy atom. The van der Waals surface area contributed by atoms with Crippen molar-refractivity contribution in [3.05, 3.63) is 70.1 Å². The largest absolute Gasteiger partial charge is 0.418 e. The molecule has 0 saturated heterocycles. The first kappa shape index (κ1) is 22.0. The van der Waals surface area contributed by atoms with Crippen molar-refractivity contribution in [2.75, 3.05) is 10.0 Å². The quantitative estimate of drug-likeness (QED) is 0.480. The van der Waals surface area contributed by atoms with Gasteiger partial charge in [0.25, 0.3) is 10.0 Å². The molecule has 5 nitrogen and oxygen atoms in total. The Bertz CT molecular complexity index is 1150. The molecule has 0 amide bonds. The van der Waals surface area contributed by atoms with Crippen LogP contribution in [0.4, 0.5) is 33.5 Å². The van der Waals surface area contributed by atoms with Gasteiger partial charge in [-0.05, 0) is 43.3 Å². The van der Waals surface area contributed by atoms with Gasteiger partial charge >= 0.3 is 6.18 Å². The lowest BCUT2D eigenvalue weighted by molar-refractivity contribution is -0.137. The molecule has 30 heavy (non-hydrogen) atoms. The molecule has 0 spiro atoms. The van der Waals surface area contributed by atoms with Crippen molar-refractivity contribution in [3.63, 3.8) is 0 Å². The number of benzene rings is 2. The van der Waals surface area contributed by atoms with Gasteiger partial charge < -0.3 is 5.32 Å². The van der Waals surface area contributed by atoms with Crippen LogP contribution >= 0.6 is 11.3 Å². The minimum atomic E-state index is -4.91. The smallest absolute Gasteiger partial charge is 0.378 e. The number of nitrogens with zero attached hydrogens (tertiary/aromatic N) is 1. The van der Waals surface area contributed by atoms with E-state index in [-0.39, 0.29) is 11.4 Å². The van der Waals surface area contributed by atoms with Crippen LogP contribution in [-0.4, -0.2) is 13.4 Å². The van der Waals surface area contributed by atoms with E-state index in [2.05, 4.69) is 15.0 Å². The molecule has 0 fully saturated rings. The highest BCUT2D eigenvalue weighted by atomic mass is 32.2. The van der Waals surface area contributed by atoms with Gasteiger partial charge in [0.05, 0.1) is 22.0 Å². The average Bonchev–Trinajstić information content (AvgIpc) is 3.15. The number of rotatable bonds is 6. The monoisotopic (exact) mass is 463 g/mol. The number of thiazole rings is 1. The van der Waals surface area contributed by atoms with E-state index in [1.807, 2.05) is 0 Å². The van der Waals surface area contributed by atoms with Crippen LogP contribution in [0.3, 0.4) is 0 Å². The van der Waals surface area contributed by atoms with E-state index in [0.717, 1.165) is 41.7 Å². The van der Waals surface area contributed by atoms with Crippen LogP contribution in [0.5, 0.6) is 0 Å². The maximum absolute atomic E-state index is 13.9. The molecular formula is C18H14F5N3O2S2. The van der Waals surface area contributed by atoms with Gasteiger partial charge in [-0.15, -0.1) is 11.3 Å². The van der Waals surface area contributed by atoms with Crippen molar-refractivity contribution in [2.45, 2.75) is 24.0 Å². The predicted octanol–water partition coefficient (Wildman–Crippen LogP) is 5.41. The van der Waals surface area contributed by atoms with E-state index in [0.29, 0.717) is 6.07 Å². The van der Waals surface area contributed by atoms with Crippen LogP contribution in [0.25, 0.3) is 0 Å². The predicted molar refractivity (Wildman–Crippen MR) is 103 cm³/mol. The van der Waals surface area contributed by atoms with E-state index in [1.54, 1.807) is 0 Å². The van der Waals surface area contributed by atoms with Crippen molar-refractivity contribution >= 4 is 32.9 Å². The lowest BCUT2D eigenvalue weighted by Crippen LogP contribution is -2.18. The van der Waals surface area contributed by atoms with Crippen LogP contribution < -0.4 is 10.0 Å². The molecule has 160 valence electrons. The molecule has 1 heterocycles. The van der Waals surface area contributed by atoms with Gasteiger partial charge in [0.1, 0.15) is 11.6 Å². The second-order valence-electron chi connectivity index (χ2n) is 6.22. The first-order chi connectivity index (χ1) is 14.0. The number of alkyl halides is 3. The van der Waals surface area contributed by atoms with Gasteiger partial charge in [0, 0.05) is 16.6 Å². The molecule has 1 aromatic heterocycles. The number of aromatic nitrogens is 1.